The minimum Gasteiger partial charge on any atom is -0.355 e. The first-order chi connectivity index (χ1) is 14.7. The predicted octanol–water partition coefficient (Wildman–Crippen LogP) is 4.22. The molecule has 1 aromatic carbocycles. The number of aryl methyl sites for hydroxylation is 1. The van der Waals surface area contributed by atoms with E-state index in [9.17, 15) is 4.79 Å². The number of anilines is 1. The topological polar surface area (TPSA) is 78.9 Å². The molecule has 0 saturated carbocycles. The fourth-order valence-corrected chi connectivity index (χ4v) is 5.19. The molecule has 0 atom stereocenters. The van der Waals surface area contributed by atoms with Gasteiger partial charge in [-0.3, -0.25) is 4.79 Å². The van der Waals surface area contributed by atoms with E-state index in [1.54, 1.807) is 18.4 Å². The lowest BCUT2D eigenvalue weighted by molar-refractivity contribution is 0.0965. The highest BCUT2D eigenvalue weighted by molar-refractivity contribution is 7.22. The van der Waals surface area contributed by atoms with E-state index in [0.29, 0.717) is 11.5 Å². The summed E-state index contributed by atoms with van der Waals surface area (Å²) in [5.41, 5.74) is 2.65. The third kappa shape index (κ3) is 4.63. The summed E-state index contributed by atoms with van der Waals surface area (Å²) in [6.07, 6.45) is 6.84. The summed E-state index contributed by atoms with van der Waals surface area (Å²) in [6, 6.07) is 7.91. The van der Waals surface area contributed by atoms with Crippen molar-refractivity contribution in [3.05, 3.63) is 41.6 Å². The van der Waals surface area contributed by atoms with Gasteiger partial charge in [-0.1, -0.05) is 6.07 Å². The molecule has 7 heteroatoms. The molecular weight excluding hydrogens is 394 g/mol. The van der Waals surface area contributed by atoms with Gasteiger partial charge in [-0.2, -0.15) is 0 Å². The Balaban J connectivity index is 1.48. The molecule has 0 unspecified atom stereocenters. The fourth-order valence-electron chi connectivity index (χ4n) is 4.05. The summed E-state index contributed by atoms with van der Waals surface area (Å²) in [6.45, 7) is 5.22. The zero-order valence-electron chi connectivity index (χ0n) is 17.6. The highest BCUT2D eigenvalue weighted by Gasteiger charge is 2.15. The van der Waals surface area contributed by atoms with Gasteiger partial charge in [0.15, 0.2) is 0 Å². The van der Waals surface area contributed by atoms with Gasteiger partial charge < -0.3 is 16.0 Å². The van der Waals surface area contributed by atoms with E-state index in [1.165, 1.54) is 19.3 Å². The molecule has 4 rings (SSSR count). The molecule has 158 valence electrons. The van der Waals surface area contributed by atoms with Crippen LogP contribution in [-0.2, 0) is 0 Å². The number of hydrogen-bond acceptors (Lipinski definition) is 6. The summed E-state index contributed by atoms with van der Waals surface area (Å²) in [4.78, 5) is 22.5. The van der Waals surface area contributed by atoms with Gasteiger partial charge in [-0.25, -0.2) is 9.97 Å². The number of benzene rings is 1. The van der Waals surface area contributed by atoms with Crippen LogP contribution in [0.2, 0.25) is 0 Å². The lowest BCUT2D eigenvalue weighted by atomic mass is 9.93. The predicted molar refractivity (Wildman–Crippen MR) is 124 cm³/mol. The first-order valence-electron chi connectivity index (χ1n) is 10.7. The van der Waals surface area contributed by atoms with Crippen molar-refractivity contribution in [2.75, 3.05) is 32.0 Å². The quantitative estimate of drug-likeness (QED) is 0.496. The molecule has 2 aromatic heterocycles. The van der Waals surface area contributed by atoms with Gasteiger partial charge in [0.1, 0.15) is 0 Å². The third-order valence-electron chi connectivity index (χ3n) is 5.77. The summed E-state index contributed by atoms with van der Waals surface area (Å²) < 4.78 is 1.08. The average molecular weight is 424 g/mol. The lowest BCUT2D eigenvalue weighted by Gasteiger charge is -2.22. The lowest BCUT2D eigenvalue weighted by Crippen LogP contribution is -2.27. The second-order valence-electron chi connectivity index (χ2n) is 7.89. The molecule has 1 aliphatic rings. The Morgan fingerprint density at radius 1 is 1.30 bits per heavy atom. The van der Waals surface area contributed by atoms with Crippen LogP contribution in [0.15, 0.2) is 30.5 Å². The molecular formula is C23H29N5OS. The number of piperidine rings is 1. The Kier molecular flexibility index (Phi) is 6.59. The molecule has 0 bridgehead atoms. The van der Waals surface area contributed by atoms with Gasteiger partial charge in [-0.15, -0.1) is 11.3 Å². The normalized spacial score (nSPS) is 14.7. The summed E-state index contributed by atoms with van der Waals surface area (Å²) in [5, 5.41) is 10.5. The molecule has 0 spiro atoms. The Morgan fingerprint density at radius 2 is 2.13 bits per heavy atom. The summed E-state index contributed by atoms with van der Waals surface area (Å²) >= 11 is 1.66. The smallest absolute Gasteiger partial charge is 0.251 e. The second kappa shape index (κ2) is 9.53. The standard InChI is InChI=1S/C23H29N5OS/c1-15-14-27-23(26-10-4-5-16-8-11-25-12-9-16)28-21(15)20-13-18-17(22(29)24-2)6-3-7-19(18)30-20/h3,6-7,13-14,16,25H,4-5,8-12H2,1-2H3,(H,24,29)(H,26,27,28). The van der Waals surface area contributed by atoms with Gasteiger partial charge in [0, 0.05) is 35.4 Å². The molecule has 30 heavy (non-hydrogen) atoms. The van der Waals surface area contributed by atoms with Gasteiger partial charge >= 0.3 is 0 Å². The maximum atomic E-state index is 12.2. The molecule has 1 saturated heterocycles. The molecule has 3 heterocycles. The highest BCUT2D eigenvalue weighted by Crippen LogP contribution is 2.35. The van der Waals surface area contributed by atoms with Crippen LogP contribution in [0.4, 0.5) is 5.95 Å². The number of nitrogens with one attached hydrogen (secondary N) is 3. The van der Waals surface area contributed by atoms with Gasteiger partial charge in [-0.05, 0) is 75.4 Å². The van der Waals surface area contributed by atoms with Crippen molar-refractivity contribution in [3.8, 4) is 10.6 Å². The van der Waals surface area contributed by atoms with Gasteiger partial charge in [0.05, 0.1) is 10.6 Å². The van der Waals surface area contributed by atoms with Crippen LogP contribution in [0.25, 0.3) is 20.7 Å². The Labute approximate surface area is 181 Å². The van der Waals surface area contributed by atoms with Crippen LogP contribution in [0.5, 0.6) is 0 Å². The average Bonchev–Trinajstić information content (AvgIpc) is 3.22. The Bertz CT molecular complexity index is 1030. The zero-order chi connectivity index (χ0) is 20.9. The number of thiophene rings is 1. The molecule has 3 aromatic rings. The molecule has 6 nitrogen and oxygen atoms in total. The maximum Gasteiger partial charge on any atom is 0.251 e. The van der Waals surface area contributed by atoms with E-state index in [4.69, 9.17) is 4.98 Å². The molecule has 0 radical (unpaired) electrons. The van der Waals surface area contributed by atoms with Crippen molar-refractivity contribution >= 4 is 33.3 Å². The van der Waals surface area contributed by atoms with Crippen LogP contribution >= 0.6 is 11.3 Å². The number of rotatable bonds is 7. The first-order valence-corrected chi connectivity index (χ1v) is 11.5. The first kappa shape index (κ1) is 20.8. The number of aromatic nitrogens is 2. The SMILES string of the molecule is CNC(=O)c1cccc2sc(-c3nc(NCCCC4CCNCC4)ncc3C)cc12. The molecule has 3 N–H and O–H groups in total. The van der Waals surface area contributed by atoms with Crippen molar-refractivity contribution in [2.24, 2.45) is 5.92 Å². The van der Waals surface area contributed by atoms with E-state index in [-0.39, 0.29) is 5.91 Å². The number of carbonyl (C=O) groups excluding carboxylic acids is 1. The zero-order valence-corrected chi connectivity index (χ0v) is 18.4. The van der Waals surface area contributed by atoms with Crippen LogP contribution in [-0.4, -0.2) is 42.6 Å². The van der Waals surface area contributed by atoms with Crippen molar-refractivity contribution in [2.45, 2.75) is 32.6 Å². The highest BCUT2D eigenvalue weighted by atomic mass is 32.1. The van der Waals surface area contributed by atoms with Crippen molar-refractivity contribution in [1.82, 2.24) is 20.6 Å². The largest absolute Gasteiger partial charge is 0.355 e. The van der Waals surface area contributed by atoms with E-state index >= 15 is 0 Å². The minimum atomic E-state index is -0.0690. The molecule has 1 amide bonds. The van der Waals surface area contributed by atoms with Crippen LogP contribution in [0.1, 0.15) is 41.6 Å². The monoisotopic (exact) mass is 423 g/mol. The van der Waals surface area contributed by atoms with E-state index in [2.05, 4.69) is 27.0 Å². The summed E-state index contributed by atoms with van der Waals surface area (Å²) in [7, 11) is 1.66. The van der Waals surface area contributed by atoms with Gasteiger partial charge in [0.25, 0.3) is 5.91 Å². The number of nitrogens with zero attached hydrogens (tertiary/aromatic N) is 2. The molecule has 1 fully saturated rings. The van der Waals surface area contributed by atoms with E-state index < -0.39 is 0 Å². The summed E-state index contributed by atoms with van der Waals surface area (Å²) in [5.74, 6) is 1.45. The Morgan fingerprint density at radius 3 is 2.93 bits per heavy atom. The second-order valence-corrected chi connectivity index (χ2v) is 8.98. The van der Waals surface area contributed by atoms with Crippen LogP contribution in [0.3, 0.4) is 0 Å². The molecule has 1 aliphatic heterocycles. The number of carbonyl (C=O) groups is 1. The third-order valence-corrected chi connectivity index (χ3v) is 6.88. The van der Waals surface area contributed by atoms with Crippen molar-refractivity contribution in [3.63, 3.8) is 0 Å². The number of hydrogen-bond donors (Lipinski definition) is 3. The van der Waals surface area contributed by atoms with Crippen molar-refractivity contribution < 1.29 is 4.79 Å². The number of amides is 1. The van der Waals surface area contributed by atoms with Crippen LogP contribution < -0.4 is 16.0 Å². The minimum absolute atomic E-state index is 0.0690. The fraction of sp³-hybridized carbons (Fsp3) is 0.435. The van der Waals surface area contributed by atoms with E-state index in [1.807, 2.05) is 31.3 Å². The number of fused-ring (bicyclic) bond motifs is 1. The van der Waals surface area contributed by atoms with Crippen molar-refractivity contribution in [1.29, 1.82) is 0 Å². The Hall–Kier alpha value is -2.51. The van der Waals surface area contributed by atoms with E-state index in [0.717, 1.165) is 58.2 Å². The van der Waals surface area contributed by atoms with Crippen LogP contribution in [0, 0.1) is 12.8 Å². The van der Waals surface area contributed by atoms with Gasteiger partial charge in [0.2, 0.25) is 5.95 Å². The molecule has 0 aliphatic carbocycles. The maximum absolute atomic E-state index is 12.2.